The Kier molecular flexibility index (Phi) is 10.0. The van der Waals surface area contributed by atoms with Crippen molar-refractivity contribution in [3.8, 4) is 33.4 Å². The molecular formula is C72H50N2OSi. The minimum atomic E-state index is -2.27. The van der Waals surface area contributed by atoms with Crippen LogP contribution in [0.1, 0.15) is 0 Å². The molecule has 0 unspecified atom stereocenters. The van der Waals surface area contributed by atoms with E-state index in [9.17, 15) is 0 Å². The molecule has 0 N–H and O–H groups in total. The highest BCUT2D eigenvalue weighted by molar-refractivity contribution is 7.03. The number of rotatable bonds is 8. The van der Waals surface area contributed by atoms with E-state index in [-0.39, 0.29) is 0 Å². The molecule has 1 aliphatic heterocycles. The summed E-state index contributed by atoms with van der Waals surface area (Å²) in [5, 5.41) is 15.4. The van der Waals surface area contributed by atoms with E-state index in [1.165, 1.54) is 81.4 Å². The molecule has 0 radical (unpaired) electrons. The number of hydrogen-bond donors (Lipinski definition) is 0. The van der Waals surface area contributed by atoms with Gasteiger partial charge in [-0.3, -0.25) is 0 Å². The van der Waals surface area contributed by atoms with E-state index in [0.717, 1.165) is 61.5 Å². The molecule has 0 saturated heterocycles. The van der Waals surface area contributed by atoms with Crippen molar-refractivity contribution in [1.82, 2.24) is 0 Å². The van der Waals surface area contributed by atoms with Gasteiger partial charge in [0, 0.05) is 39.1 Å². The van der Waals surface area contributed by atoms with E-state index in [1.54, 1.807) is 0 Å². The Morgan fingerprint density at radius 3 is 1.72 bits per heavy atom. The molecule has 0 atom stereocenters. The molecule has 1 aromatic heterocycles. The van der Waals surface area contributed by atoms with Gasteiger partial charge in [0.1, 0.15) is 13.7 Å². The minimum absolute atomic E-state index is 0.861. The van der Waals surface area contributed by atoms with Crippen LogP contribution in [0.2, 0.25) is 13.1 Å². The normalized spacial score (nSPS) is 12.7. The molecule has 0 amide bonds. The largest absolute Gasteiger partial charge is 0.454 e. The van der Waals surface area contributed by atoms with Gasteiger partial charge >= 0.3 is 0 Å². The third-order valence-electron chi connectivity index (χ3n) is 16.2. The van der Waals surface area contributed by atoms with Crippen molar-refractivity contribution in [2.45, 2.75) is 13.1 Å². The zero-order valence-corrected chi connectivity index (χ0v) is 43.2. The Morgan fingerprint density at radius 2 is 0.882 bits per heavy atom. The van der Waals surface area contributed by atoms with Gasteiger partial charge in [-0.1, -0.05) is 201 Å². The summed E-state index contributed by atoms with van der Waals surface area (Å²) in [4.78, 5) is 4.80. The smallest absolute Gasteiger partial charge is 0.159 e. The Morgan fingerprint density at radius 1 is 0.303 bits per heavy atom. The molecule has 15 rings (SSSR count). The summed E-state index contributed by atoms with van der Waals surface area (Å²) in [6.45, 7) is 5.09. The maximum atomic E-state index is 6.75. The first-order chi connectivity index (χ1) is 37.5. The number of furan rings is 1. The summed E-state index contributed by atoms with van der Waals surface area (Å²) in [5.74, 6) is 0. The fourth-order valence-corrected chi connectivity index (χ4v) is 15.7. The van der Waals surface area contributed by atoms with Crippen molar-refractivity contribution in [1.29, 1.82) is 0 Å². The summed E-state index contributed by atoms with van der Waals surface area (Å²) in [6.07, 6.45) is 0. The topological polar surface area (TPSA) is 19.6 Å². The Balaban J connectivity index is 0.888. The quantitative estimate of drug-likeness (QED) is 0.112. The number of anilines is 6. The van der Waals surface area contributed by atoms with Crippen LogP contribution in [0.5, 0.6) is 0 Å². The van der Waals surface area contributed by atoms with Crippen molar-refractivity contribution >= 4 is 118 Å². The number of nitrogens with zero attached hydrogens (tertiary/aromatic N) is 2. The Bertz CT molecular complexity index is 4620. The minimum Gasteiger partial charge on any atom is -0.454 e. The molecule has 3 nitrogen and oxygen atoms in total. The first-order valence-corrected chi connectivity index (χ1v) is 29.3. The molecule has 358 valence electrons. The van der Waals surface area contributed by atoms with Crippen molar-refractivity contribution in [3.63, 3.8) is 0 Å². The fraction of sp³-hybridized carbons (Fsp3) is 0.0278. The fourth-order valence-electron chi connectivity index (χ4n) is 12.6. The highest BCUT2D eigenvalue weighted by Crippen LogP contribution is 2.48. The Hall–Kier alpha value is -9.48. The predicted octanol–water partition coefficient (Wildman–Crippen LogP) is 19.3. The van der Waals surface area contributed by atoms with Crippen molar-refractivity contribution in [3.05, 3.63) is 267 Å². The molecule has 0 fully saturated rings. The molecule has 0 aliphatic carbocycles. The van der Waals surface area contributed by atoms with Gasteiger partial charge < -0.3 is 14.2 Å². The van der Waals surface area contributed by atoms with Crippen LogP contribution in [0.15, 0.2) is 271 Å². The average molecular weight is 987 g/mol. The van der Waals surface area contributed by atoms with Crippen molar-refractivity contribution in [2.24, 2.45) is 0 Å². The van der Waals surface area contributed by atoms with Gasteiger partial charge in [-0.2, -0.15) is 0 Å². The van der Waals surface area contributed by atoms with Crippen LogP contribution in [0.3, 0.4) is 0 Å². The van der Waals surface area contributed by atoms with Crippen LogP contribution < -0.4 is 20.2 Å². The second-order valence-corrected chi connectivity index (χ2v) is 25.1. The highest BCUT2D eigenvalue weighted by atomic mass is 28.3. The first-order valence-electron chi connectivity index (χ1n) is 26.3. The van der Waals surface area contributed by atoms with E-state index in [4.69, 9.17) is 4.42 Å². The lowest BCUT2D eigenvalue weighted by atomic mass is 9.87. The summed E-state index contributed by atoms with van der Waals surface area (Å²) in [5.41, 5.74) is 15.7. The third kappa shape index (κ3) is 6.88. The molecule has 14 aromatic rings. The van der Waals surface area contributed by atoms with E-state index < -0.39 is 8.07 Å². The highest BCUT2D eigenvalue weighted by Gasteiger charge is 2.37. The van der Waals surface area contributed by atoms with Crippen LogP contribution in [-0.2, 0) is 0 Å². The molecular weight excluding hydrogens is 937 g/mol. The van der Waals surface area contributed by atoms with E-state index >= 15 is 0 Å². The standard InChI is InChI=1S/C72H50N2OSi/c1-76(2)69-34-18-29-60-64-45-62(49-36-38-52(39-37-49)74(66-31-15-13-25-55(66)48-20-5-3-6-21-48)67-32-17-30-61-58-28-14-16-33-68(58)75-72(61)67)56-26-11-12-27-57(56)63(64)46-65(71(60)69)59-42-41-54(44-70(59)76)73(51-23-7-4-8-24-51)53-40-35-47-19-9-10-22-50(47)43-53/h3-46H,1-2H3. The number of para-hydroxylation sites is 4. The van der Waals surface area contributed by atoms with Gasteiger partial charge in [-0.05, 0) is 160 Å². The molecule has 0 spiro atoms. The van der Waals surface area contributed by atoms with Gasteiger partial charge in [-0.15, -0.1) is 0 Å². The summed E-state index contributed by atoms with van der Waals surface area (Å²) in [6, 6.07) is 98.1. The van der Waals surface area contributed by atoms with Crippen LogP contribution in [0.4, 0.5) is 34.1 Å². The predicted molar refractivity (Wildman–Crippen MR) is 326 cm³/mol. The second-order valence-electron chi connectivity index (χ2n) is 20.8. The monoisotopic (exact) mass is 986 g/mol. The molecule has 0 saturated carbocycles. The van der Waals surface area contributed by atoms with Gasteiger partial charge in [0.2, 0.25) is 0 Å². The van der Waals surface area contributed by atoms with Crippen molar-refractivity contribution < 1.29 is 4.42 Å². The lowest BCUT2D eigenvalue weighted by Crippen LogP contribution is -2.56. The van der Waals surface area contributed by atoms with Gasteiger partial charge in [0.05, 0.1) is 11.4 Å². The number of hydrogen-bond acceptors (Lipinski definition) is 3. The second kappa shape index (κ2) is 17.3. The summed E-state index contributed by atoms with van der Waals surface area (Å²) in [7, 11) is -2.27. The molecule has 0 bridgehead atoms. The summed E-state index contributed by atoms with van der Waals surface area (Å²) < 4.78 is 6.75. The molecule has 2 heterocycles. The van der Waals surface area contributed by atoms with Crippen LogP contribution in [0.25, 0.3) is 98.4 Å². The first kappa shape index (κ1) is 44.0. The van der Waals surface area contributed by atoms with Crippen molar-refractivity contribution in [2.75, 3.05) is 9.80 Å². The van der Waals surface area contributed by atoms with Gasteiger partial charge in [-0.25, -0.2) is 0 Å². The van der Waals surface area contributed by atoms with Crippen LogP contribution >= 0.6 is 0 Å². The van der Waals surface area contributed by atoms with E-state index in [0.29, 0.717) is 0 Å². The zero-order chi connectivity index (χ0) is 50.5. The van der Waals surface area contributed by atoms with Gasteiger partial charge in [0.15, 0.2) is 5.58 Å². The van der Waals surface area contributed by atoms with E-state index in [2.05, 4.69) is 284 Å². The number of benzene rings is 13. The van der Waals surface area contributed by atoms with E-state index in [1.807, 2.05) is 6.07 Å². The van der Waals surface area contributed by atoms with Crippen LogP contribution in [0, 0.1) is 0 Å². The average Bonchev–Trinajstić information content (AvgIpc) is 4.01. The third-order valence-corrected chi connectivity index (χ3v) is 19.7. The maximum Gasteiger partial charge on any atom is 0.159 e. The molecule has 1 aliphatic rings. The molecule has 13 aromatic carbocycles. The van der Waals surface area contributed by atoms with Crippen LogP contribution in [-0.4, -0.2) is 8.07 Å². The molecule has 4 heteroatoms. The number of fused-ring (bicyclic) bond motifs is 10. The Labute approximate surface area is 442 Å². The zero-order valence-electron chi connectivity index (χ0n) is 42.2. The summed E-state index contributed by atoms with van der Waals surface area (Å²) >= 11 is 0. The lowest BCUT2D eigenvalue weighted by molar-refractivity contribution is 0.669. The molecule has 76 heavy (non-hydrogen) atoms. The maximum absolute atomic E-state index is 6.75. The van der Waals surface area contributed by atoms with Gasteiger partial charge in [0.25, 0.3) is 0 Å². The lowest BCUT2D eigenvalue weighted by Gasteiger charge is -2.35. The SMILES string of the molecule is C[Si]1(C)c2cc(N(c3ccccc3)c3ccc4ccccc4c3)ccc2-c2cc3c4ccccc4c(-c4ccc(N(c5ccccc5-c5ccccc5)c5cccc6c5oc5ccccc56)cc4)cc3c3cccc1c23.